The molecule has 106 valence electrons. The summed E-state index contributed by atoms with van der Waals surface area (Å²) in [6, 6.07) is 6.85. The number of carbonyl (C=O) groups excluding carboxylic acids is 1. The van der Waals surface area contributed by atoms with Gasteiger partial charge in [0.05, 0.1) is 6.04 Å². The fraction of sp³-hybridized carbons (Fsp3) is 0.308. The van der Waals surface area contributed by atoms with Gasteiger partial charge in [0.15, 0.2) is 5.71 Å². The first kappa shape index (κ1) is 14.3. The molecule has 2 unspecified atom stereocenters. The van der Waals surface area contributed by atoms with Gasteiger partial charge in [0.25, 0.3) is 5.91 Å². The van der Waals surface area contributed by atoms with Crippen LogP contribution in [0.4, 0.5) is 0 Å². The lowest BCUT2D eigenvalue weighted by atomic mass is 10.1. The second-order valence-electron chi connectivity index (χ2n) is 4.39. The summed E-state index contributed by atoms with van der Waals surface area (Å²) >= 11 is 6.04. The molecule has 2 N–H and O–H groups in total. The molecule has 0 saturated carbocycles. The number of carboxylic acids is 1. The summed E-state index contributed by atoms with van der Waals surface area (Å²) in [5.74, 6) is -1.60. The van der Waals surface area contributed by atoms with Gasteiger partial charge in [-0.15, -0.1) is 0 Å². The van der Waals surface area contributed by atoms with E-state index in [1.807, 2.05) is 12.1 Å². The van der Waals surface area contributed by atoms with Crippen LogP contribution in [-0.2, 0) is 14.4 Å². The average Bonchev–Trinajstić information content (AvgIpc) is 2.88. The van der Waals surface area contributed by atoms with E-state index in [0.717, 1.165) is 5.56 Å². The molecule has 0 aliphatic carbocycles. The summed E-state index contributed by atoms with van der Waals surface area (Å²) < 4.78 is 0. The molecule has 1 amide bonds. The van der Waals surface area contributed by atoms with Crippen molar-refractivity contribution in [3.63, 3.8) is 0 Å². The van der Waals surface area contributed by atoms with E-state index in [9.17, 15) is 9.59 Å². The predicted molar refractivity (Wildman–Crippen MR) is 72.6 cm³/mol. The zero-order valence-corrected chi connectivity index (χ0v) is 11.4. The van der Waals surface area contributed by atoms with E-state index in [0.29, 0.717) is 5.02 Å². The van der Waals surface area contributed by atoms with E-state index in [4.69, 9.17) is 21.5 Å². The molecular formula is C13H13ClN2O4. The maximum absolute atomic E-state index is 12.0. The molecule has 2 atom stereocenters. The lowest BCUT2D eigenvalue weighted by molar-refractivity contribution is -0.132. The first-order chi connectivity index (χ1) is 9.49. The third-order valence-electron chi connectivity index (χ3n) is 2.94. The van der Waals surface area contributed by atoms with Gasteiger partial charge in [-0.05, 0) is 18.6 Å². The van der Waals surface area contributed by atoms with Crippen molar-refractivity contribution in [1.29, 1.82) is 0 Å². The lowest BCUT2D eigenvalue weighted by Crippen LogP contribution is -2.36. The van der Waals surface area contributed by atoms with Crippen LogP contribution in [0, 0.1) is 0 Å². The highest BCUT2D eigenvalue weighted by Gasteiger charge is 2.32. The summed E-state index contributed by atoms with van der Waals surface area (Å²) in [6.07, 6.45) is -0.956. The van der Waals surface area contributed by atoms with Gasteiger partial charge in [-0.25, -0.2) is 4.79 Å². The van der Waals surface area contributed by atoms with Crippen molar-refractivity contribution in [3.05, 3.63) is 34.9 Å². The number of aliphatic carboxylic acids is 1. The van der Waals surface area contributed by atoms with Crippen molar-refractivity contribution in [2.24, 2.45) is 5.16 Å². The molecule has 6 nitrogen and oxygen atoms in total. The van der Waals surface area contributed by atoms with E-state index >= 15 is 0 Å². The Morgan fingerprint density at radius 3 is 2.80 bits per heavy atom. The summed E-state index contributed by atoms with van der Waals surface area (Å²) in [5, 5.41) is 15.4. The Kier molecular flexibility index (Phi) is 4.24. The quantitative estimate of drug-likeness (QED) is 0.886. The highest BCUT2D eigenvalue weighted by molar-refractivity contribution is 6.36. The van der Waals surface area contributed by atoms with E-state index in [2.05, 4.69) is 10.5 Å². The number of nitrogens with one attached hydrogen (secondary N) is 1. The molecule has 0 saturated heterocycles. The standard InChI is InChI=1S/C13H13ClN2O4/c1-7(8-4-2-3-5-9(8)14)15-12(17)11-6-10(13(18)19)16-20-11/h2-5,7,11H,6H2,1H3,(H,15,17)(H,18,19). The Labute approximate surface area is 120 Å². The number of oxime groups is 1. The highest BCUT2D eigenvalue weighted by atomic mass is 35.5. The van der Waals surface area contributed by atoms with Crippen molar-refractivity contribution in [3.8, 4) is 0 Å². The smallest absolute Gasteiger partial charge is 0.353 e. The van der Waals surface area contributed by atoms with Gasteiger partial charge < -0.3 is 15.3 Å². The monoisotopic (exact) mass is 296 g/mol. The van der Waals surface area contributed by atoms with Crippen LogP contribution >= 0.6 is 11.6 Å². The van der Waals surface area contributed by atoms with Crippen LogP contribution in [0.2, 0.25) is 5.02 Å². The van der Waals surface area contributed by atoms with Crippen molar-refractivity contribution in [1.82, 2.24) is 5.32 Å². The maximum Gasteiger partial charge on any atom is 0.353 e. The predicted octanol–water partition coefficient (Wildman–Crippen LogP) is 1.75. The molecule has 0 radical (unpaired) electrons. The van der Waals surface area contributed by atoms with Gasteiger partial charge in [0.1, 0.15) is 0 Å². The summed E-state index contributed by atoms with van der Waals surface area (Å²) in [5.41, 5.74) is 0.621. The first-order valence-electron chi connectivity index (χ1n) is 6.00. The maximum atomic E-state index is 12.0. The van der Waals surface area contributed by atoms with E-state index in [1.165, 1.54) is 0 Å². The number of hydrogen-bond donors (Lipinski definition) is 2. The zero-order chi connectivity index (χ0) is 14.7. The largest absolute Gasteiger partial charge is 0.477 e. The second-order valence-corrected chi connectivity index (χ2v) is 4.80. The molecule has 1 heterocycles. The number of hydrogen-bond acceptors (Lipinski definition) is 4. The minimum Gasteiger partial charge on any atom is -0.477 e. The minimum absolute atomic E-state index is 0.0452. The Balaban J connectivity index is 1.96. The number of halogens is 1. The minimum atomic E-state index is -1.18. The number of carboxylic acid groups (broad SMARTS) is 1. The highest BCUT2D eigenvalue weighted by Crippen LogP contribution is 2.22. The van der Waals surface area contributed by atoms with Crippen LogP contribution in [0.15, 0.2) is 29.4 Å². The number of benzene rings is 1. The number of rotatable bonds is 4. The Hall–Kier alpha value is -2.08. The van der Waals surface area contributed by atoms with Crippen molar-refractivity contribution >= 4 is 29.2 Å². The van der Waals surface area contributed by atoms with Crippen molar-refractivity contribution in [2.45, 2.75) is 25.5 Å². The molecular weight excluding hydrogens is 284 g/mol. The zero-order valence-electron chi connectivity index (χ0n) is 10.7. The molecule has 2 rings (SSSR count). The normalized spacial score (nSPS) is 18.9. The van der Waals surface area contributed by atoms with Crippen LogP contribution in [0.3, 0.4) is 0 Å². The van der Waals surface area contributed by atoms with E-state index < -0.39 is 18.0 Å². The van der Waals surface area contributed by atoms with Crippen molar-refractivity contribution < 1.29 is 19.5 Å². The summed E-state index contributed by atoms with van der Waals surface area (Å²) in [6.45, 7) is 1.78. The van der Waals surface area contributed by atoms with Gasteiger partial charge >= 0.3 is 5.97 Å². The molecule has 7 heteroatoms. The first-order valence-corrected chi connectivity index (χ1v) is 6.37. The summed E-state index contributed by atoms with van der Waals surface area (Å²) in [4.78, 5) is 27.5. The molecule has 1 aromatic carbocycles. The Morgan fingerprint density at radius 2 is 2.20 bits per heavy atom. The average molecular weight is 297 g/mol. The van der Waals surface area contributed by atoms with Crippen LogP contribution in [-0.4, -0.2) is 28.8 Å². The fourth-order valence-electron chi connectivity index (χ4n) is 1.85. The topological polar surface area (TPSA) is 88.0 Å². The van der Waals surface area contributed by atoms with Crippen LogP contribution in [0.1, 0.15) is 24.9 Å². The lowest BCUT2D eigenvalue weighted by Gasteiger charge is -2.17. The molecule has 0 aromatic heterocycles. The number of amides is 1. The van der Waals surface area contributed by atoms with Gasteiger partial charge in [-0.3, -0.25) is 4.79 Å². The number of carbonyl (C=O) groups is 2. The molecule has 1 aromatic rings. The number of nitrogens with zero attached hydrogens (tertiary/aromatic N) is 1. The van der Waals surface area contributed by atoms with Crippen molar-refractivity contribution in [2.75, 3.05) is 0 Å². The Bertz CT molecular complexity index is 573. The SMILES string of the molecule is CC(NC(=O)C1CC(C(=O)O)=NO1)c1ccccc1Cl. The van der Waals surface area contributed by atoms with Crippen LogP contribution in [0.25, 0.3) is 0 Å². The van der Waals surface area contributed by atoms with Gasteiger partial charge in [0, 0.05) is 11.4 Å². The molecule has 0 fully saturated rings. The molecule has 1 aliphatic heterocycles. The van der Waals surface area contributed by atoms with Gasteiger partial charge in [-0.1, -0.05) is 35.0 Å². The van der Waals surface area contributed by atoms with Gasteiger partial charge in [0.2, 0.25) is 6.10 Å². The van der Waals surface area contributed by atoms with E-state index in [-0.39, 0.29) is 18.2 Å². The van der Waals surface area contributed by atoms with Gasteiger partial charge in [-0.2, -0.15) is 0 Å². The van der Waals surface area contributed by atoms with E-state index in [1.54, 1.807) is 19.1 Å². The second kappa shape index (κ2) is 5.92. The molecule has 0 spiro atoms. The fourth-order valence-corrected chi connectivity index (χ4v) is 2.15. The molecule has 1 aliphatic rings. The summed E-state index contributed by atoms with van der Waals surface area (Å²) in [7, 11) is 0. The van der Waals surface area contributed by atoms with Crippen LogP contribution in [0.5, 0.6) is 0 Å². The third kappa shape index (κ3) is 3.08. The Morgan fingerprint density at radius 1 is 1.50 bits per heavy atom. The third-order valence-corrected chi connectivity index (χ3v) is 3.28. The van der Waals surface area contributed by atoms with Crippen LogP contribution < -0.4 is 5.32 Å². The molecule has 20 heavy (non-hydrogen) atoms. The molecule has 0 bridgehead atoms.